The Bertz CT molecular complexity index is 963. The molecule has 0 bridgehead atoms. The van der Waals surface area contributed by atoms with Crippen LogP contribution in [0.5, 0.6) is 0 Å². The molecule has 5 rings (SSSR count). The zero-order valence-corrected chi connectivity index (χ0v) is 16.6. The Morgan fingerprint density at radius 3 is 1.56 bits per heavy atom. The minimum Gasteiger partial charge on any atom is -1.00 e. The van der Waals surface area contributed by atoms with Crippen LogP contribution in [0.3, 0.4) is 0 Å². The Kier molecular flexibility index (Phi) is 8.42. The van der Waals surface area contributed by atoms with Crippen molar-refractivity contribution < 1.29 is 46.5 Å². The maximum absolute atomic E-state index is 2.24. The third-order valence-electron chi connectivity index (χ3n) is 4.07. The molecule has 3 heteroatoms. The summed E-state index contributed by atoms with van der Waals surface area (Å²) < 4.78 is 0. The van der Waals surface area contributed by atoms with Crippen LogP contribution >= 0.6 is 0 Å². The quantitative estimate of drug-likeness (QED) is 0.259. The van der Waals surface area contributed by atoms with E-state index in [2.05, 4.69) is 97.1 Å². The van der Waals surface area contributed by atoms with Gasteiger partial charge in [0.1, 0.15) is 0 Å². The van der Waals surface area contributed by atoms with Crippen LogP contribution in [0.2, 0.25) is 0 Å². The second kappa shape index (κ2) is 9.80. The topological polar surface area (TPSA) is 0 Å². The van der Waals surface area contributed by atoms with Gasteiger partial charge in [-0.2, -0.15) is 17.5 Å². The number of halogens is 2. The van der Waals surface area contributed by atoms with Gasteiger partial charge in [0.05, 0.1) is 0 Å². The normalized spacial score (nSPS) is 9.44. The Balaban J connectivity index is 0.000000234. The summed E-state index contributed by atoms with van der Waals surface area (Å²) in [5.41, 5.74) is 0. The van der Waals surface area contributed by atoms with Gasteiger partial charge in [-0.3, -0.25) is 0 Å². The third-order valence-corrected chi connectivity index (χ3v) is 4.07. The van der Waals surface area contributed by atoms with Crippen molar-refractivity contribution in [2.75, 3.05) is 0 Å². The first-order valence-electron chi connectivity index (χ1n) is 7.55. The van der Waals surface area contributed by atoms with Crippen molar-refractivity contribution in [2.45, 2.75) is 0 Å². The van der Waals surface area contributed by atoms with Crippen LogP contribution in [0, 0.1) is 0 Å². The zero-order valence-electron chi connectivity index (χ0n) is 13.5. The molecule has 0 aliphatic heterocycles. The molecule has 0 heterocycles. The summed E-state index contributed by atoms with van der Waals surface area (Å²) >= 11 is 0. The molecular weight excluding hydrogens is 383 g/mol. The molecule has 5 aromatic rings. The fourth-order valence-electron chi connectivity index (χ4n) is 2.97. The SMILES string of the molecule is [Cl-].[Cl-].[Ti+4].c1ccc2[cH-]ccc2c1.c1ccc2c(c1)[cH-]c1ccccc12. The van der Waals surface area contributed by atoms with Gasteiger partial charge in [0, 0.05) is 0 Å². The van der Waals surface area contributed by atoms with Gasteiger partial charge < -0.3 is 24.8 Å². The van der Waals surface area contributed by atoms with Gasteiger partial charge in [-0.05, 0) is 0 Å². The molecule has 0 radical (unpaired) electrons. The van der Waals surface area contributed by atoms with Crippen LogP contribution in [-0.4, -0.2) is 0 Å². The summed E-state index contributed by atoms with van der Waals surface area (Å²) in [4.78, 5) is 0. The van der Waals surface area contributed by atoms with E-state index in [1.54, 1.807) is 0 Å². The average molecular weight is 399 g/mol. The van der Waals surface area contributed by atoms with Crippen molar-refractivity contribution in [1.82, 2.24) is 0 Å². The standard InChI is InChI=1S/C13H9.C9H7.2ClH.Ti/c1-3-7-12-10(5-1)9-11-6-2-4-8-13(11)12;1-2-5-9-7-3-6-8(9)4-1;;;/h1-9H;1-7H;2*1H;/q2*-1;;;+4/p-2. The average Bonchev–Trinajstić information content (AvgIpc) is 3.19. The second-order valence-electron chi connectivity index (χ2n) is 5.47. The summed E-state index contributed by atoms with van der Waals surface area (Å²) in [7, 11) is 0. The first-order chi connectivity index (χ1) is 10.9. The zero-order chi connectivity index (χ0) is 14.8. The number of hydrogen-bond acceptors (Lipinski definition) is 0. The van der Waals surface area contributed by atoms with E-state index in [4.69, 9.17) is 0 Å². The molecule has 0 nitrogen and oxygen atoms in total. The Labute approximate surface area is 175 Å². The maximum atomic E-state index is 2.24. The van der Waals surface area contributed by atoms with E-state index in [1.807, 2.05) is 0 Å². The number of rotatable bonds is 0. The summed E-state index contributed by atoms with van der Waals surface area (Å²) in [5.74, 6) is 0. The van der Waals surface area contributed by atoms with E-state index in [-0.39, 0.29) is 46.5 Å². The molecule has 0 atom stereocenters. The van der Waals surface area contributed by atoms with Crippen molar-refractivity contribution >= 4 is 32.3 Å². The van der Waals surface area contributed by atoms with Crippen LogP contribution in [0.15, 0.2) is 97.1 Å². The predicted molar refractivity (Wildman–Crippen MR) is 96.6 cm³/mol. The predicted octanol–water partition coefficient (Wildman–Crippen LogP) is 0.276. The van der Waals surface area contributed by atoms with Crippen molar-refractivity contribution in [3.63, 3.8) is 0 Å². The summed E-state index contributed by atoms with van der Waals surface area (Å²) in [6.07, 6.45) is 0. The van der Waals surface area contributed by atoms with Gasteiger partial charge >= 0.3 is 21.7 Å². The molecular formula is C22H16Cl2Ti. The second-order valence-corrected chi connectivity index (χ2v) is 5.47. The van der Waals surface area contributed by atoms with Crippen molar-refractivity contribution in [2.24, 2.45) is 0 Å². The van der Waals surface area contributed by atoms with E-state index in [0.717, 1.165) is 0 Å². The van der Waals surface area contributed by atoms with Crippen molar-refractivity contribution in [3.8, 4) is 0 Å². The van der Waals surface area contributed by atoms with E-state index >= 15 is 0 Å². The van der Waals surface area contributed by atoms with Crippen molar-refractivity contribution in [3.05, 3.63) is 97.1 Å². The molecule has 0 saturated carbocycles. The first-order valence-corrected chi connectivity index (χ1v) is 7.55. The van der Waals surface area contributed by atoms with Crippen LogP contribution in [0.25, 0.3) is 32.3 Å². The molecule has 0 amide bonds. The minimum atomic E-state index is 0. The molecule has 122 valence electrons. The fourth-order valence-corrected chi connectivity index (χ4v) is 2.97. The molecule has 5 aromatic carbocycles. The van der Waals surface area contributed by atoms with Gasteiger partial charge in [-0.25, -0.2) is 0 Å². The number of fused-ring (bicyclic) bond motifs is 4. The van der Waals surface area contributed by atoms with E-state index in [1.165, 1.54) is 32.3 Å². The monoisotopic (exact) mass is 398 g/mol. The largest absolute Gasteiger partial charge is 4.00 e. The van der Waals surface area contributed by atoms with Crippen LogP contribution in [0.1, 0.15) is 0 Å². The van der Waals surface area contributed by atoms with E-state index in [0.29, 0.717) is 0 Å². The van der Waals surface area contributed by atoms with Gasteiger partial charge in [0.25, 0.3) is 0 Å². The molecule has 0 spiro atoms. The molecule has 0 aliphatic rings. The van der Waals surface area contributed by atoms with Gasteiger partial charge in [-0.15, -0.1) is 69.4 Å². The summed E-state index contributed by atoms with van der Waals surface area (Å²) in [5, 5.41) is 8.05. The minimum absolute atomic E-state index is 0. The molecule has 0 aliphatic carbocycles. The number of benzene rings is 3. The Morgan fingerprint density at radius 2 is 1.00 bits per heavy atom. The van der Waals surface area contributed by atoms with Crippen LogP contribution < -0.4 is 24.8 Å². The molecule has 0 N–H and O–H groups in total. The fraction of sp³-hybridized carbons (Fsp3) is 0. The van der Waals surface area contributed by atoms with Crippen molar-refractivity contribution in [1.29, 1.82) is 0 Å². The Hall–Kier alpha value is -1.57. The smallest absolute Gasteiger partial charge is 1.00 e. The van der Waals surface area contributed by atoms with Gasteiger partial charge in [-0.1, -0.05) is 42.5 Å². The van der Waals surface area contributed by atoms with Gasteiger partial charge in [0.15, 0.2) is 0 Å². The molecule has 0 aromatic heterocycles. The Morgan fingerprint density at radius 1 is 0.520 bits per heavy atom. The maximum Gasteiger partial charge on any atom is 4.00 e. The van der Waals surface area contributed by atoms with Crippen LogP contribution in [-0.2, 0) is 21.7 Å². The molecule has 25 heavy (non-hydrogen) atoms. The van der Waals surface area contributed by atoms with E-state index < -0.39 is 0 Å². The van der Waals surface area contributed by atoms with Gasteiger partial charge in [0.2, 0.25) is 0 Å². The van der Waals surface area contributed by atoms with Crippen LogP contribution in [0.4, 0.5) is 0 Å². The molecule has 0 unspecified atom stereocenters. The third kappa shape index (κ3) is 4.54. The summed E-state index contributed by atoms with van der Waals surface area (Å²) in [6, 6.07) is 33.9. The first kappa shape index (κ1) is 21.5. The molecule has 0 fully saturated rings. The van der Waals surface area contributed by atoms with E-state index in [9.17, 15) is 0 Å². The molecule has 0 saturated heterocycles. The summed E-state index contributed by atoms with van der Waals surface area (Å²) in [6.45, 7) is 0. The number of hydrogen-bond donors (Lipinski definition) is 0.